The summed E-state index contributed by atoms with van der Waals surface area (Å²) in [6, 6.07) is 0. The topological polar surface area (TPSA) is 78.9 Å². The first kappa shape index (κ1) is 63.1. The SMILES string of the molecule is CCCCCCCC/C=C\CCCCCCCCCC(=O)O[C@@H](COC(=O)CCCCCCCCCCCCCCC)COC(=O)CCCCCCCCCCCCCCCCCCC. The Morgan fingerprint density at radius 1 is 0.292 bits per heavy atom. The molecule has 6 heteroatoms. The predicted octanol–water partition coefficient (Wildman–Crippen LogP) is 19.3. The standard InChI is InChI=1S/C59H112O6/c1-4-7-10-13-16-19-22-25-27-29-31-34-37-40-43-46-49-52-58(61)64-55-56(54-63-57(60)51-48-45-42-39-36-33-24-21-18-15-12-9-6-3)65-59(62)53-50-47-44-41-38-35-32-30-28-26-23-20-17-14-11-8-5-2/h26,28,56H,4-25,27,29-55H2,1-3H3/b28-26-/t56-/m0/s1. The van der Waals surface area contributed by atoms with Crippen LogP contribution in [0.5, 0.6) is 0 Å². The van der Waals surface area contributed by atoms with Gasteiger partial charge in [0.15, 0.2) is 6.10 Å². The molecule has 6 nitrogen and oxygen atoms in total. The second kappa shape index (κ2) is 54.8. The summed E-state index contributed by atoms with van der Waals surface area (Å²) >= 11 is 0. The monoisotopic (exact) mass is 917 g/mol. The van der Waals surface area contributed by atoms with Crippen LogP contribution < -0.4 is 0 Å². The lowest BCUT2D eigenvalue weighted by Gasteiger charge is -2.18. The molecule has 0 saturated carbocycles. The molecule has 0 aromatic carbocycles. The maximum absolute atomic E-state index is 12.8. The number of unbranched alkanes of at least 4 members (excludes halogenated alkanes) is 41. The highest BCUT2D eigenvalue weighted by atomic mass is 16.6. The molecular weight excluding hydrogens is 805 g/mol. The molecule has 384 valence electrons. The van der Waals surface area contributed by atoms with E-state index >= 15 is 0 Å². The third kappa shape index (κ3) is 53.0. The van der Waals surface area contributed by atoms with E-state index in [4.69, 9.17) is 14.2 Å². The molecule has 0 aromatic rings. The van der Waals surface area contributed by atoms with Gasteiger partial charge in [-0.25, -0.2) is 0 Å². The molecule has 1 atom stereocenters. The summed E-state index contributed by atoms with van der Waals surface area (Å²) in [7, 11) is 0. The highest BCUT2D eigenvalue weighted by molar-refractivity contribution is 5.71. The van der Waals surface area contributed by atoms with Crippen molar-refractivity contribution in [3.63, 3.8) is 0 Å². The van der Waals surface area contributed by atoms with Crippen LogP contribution in [0.1, 0.15) is 329 Å². The van der Waals surface area contributed by atoms with Crippen molar-refractivity contribution >= 4 is 17.9 Å². The van der Waals surface area contributed by atoms with Gasteiger partial charge in [0.25, 0.3) is 0 Å². The van der Waals surface area contributed by atoms with Crippen molar-refractivity contribution in [1.82, 2.24) is 0 Å². The van der Waals surface area contributed by atoms with Gasteiger partial charge in [-0.2, -0.15) is 0 Å². The van der Waals surface area contributed by atoms with Crippen LogP contribution in [-0.2, 0) is 28.6 Å². The first-order chi connectivity index (χ1) is 32.0. The number of carbonyl (C=O) groups excluding carboxylic acids is 3. The minimum absolute atomic E-state index is 0.0657. The Kier molecular flexibility index (Phi) is 53.2. The number of rotatable bonds is 54. The van der Waals surface area contributed by atoms with Gasteiger partial charge in [-0.1, -0.05) is 277 Å². The quantitative estimate of drug-likeness (QED) is 0.0262. The Bertz CT molecular complexity index is 1010. The van der Waals surface area contributed by atoms with Crippen LogP contribution in [0.25, 0.3) is 0 Å². The molecule has 0 N–H and O–H groups in total. The van der Waals surface area contributed by atoms with Gasteiger partial charge in [-0.05, 0) is 44.9 Å². The maximum Gasteiger partial charge on any atom is 0.306 e. The lowest BCUT2D eigenvalue weighted by molar-refractivity contribution is -0.167. The van der Waals surface area contributed by atoms with Crippen molar-refractivity contribution in [1.29, 1.82) is 0 Å². The minimum atomic E-state index is -0.766. The van der Waals surface area contributed by atoms with Crippen molar-refractivity contribution < 1.29 is 28.6 Å². The van der Waals surface area contributed by atoms with Crippen LogP contribution in [0, 0.1) is 0 Å². The van der Waals surface area contributed by atoms with E-state index in [1.807, 2.05) is 0 Å². The Morgan fingerprint density at radius 2 is 0.508 bits per heavy atom. The van der Waals surface area contributed by atoms with E-state index in [2.05, 4.69) is 32.9 Å². The van der Waals surface area contributed by atoms with Crippen LogP contribution in [0.3, 0.4) is 0 Å². The van der Waals surface area contributed by atoms with E-state index in [9.17, 15) is 14.4 Å². The highest BCUT2D eigenvalue weighted by Crippen LogP contribution is 2.17. The molecule has 0 heterocycles. The highest BCUT2D eigenvalue weighted by Gasteiger charge is 2.19. The zero-order valence-corrected chi connectivity index (χ0v) is 44.0. The van der Waals surface area contributed by atoms with Crippen molar-refractivity contribution in [3.8, 4) is 0 Å². The molecule has 0 aliphatic carbocycles. The normalized spacial score (nSPS) is 12.0. The van der Waals surface area contributed by atoms with Crippen molar-refractivity contribution in [2.45, 2.75) is 335 Å². The largest absolute Gasteiger partial charge is 0.462 e. The van der Waals surface area contributed by atoms with Gasteiger partial charge in [0, 0.05) is 19.3 Å². The fourth-order valence-corrected chi connectivity index (χ4v) is 8.85. The Balaban J connectivity index is 4.31. The molecular formula is C59H112O6. The van der Waals surface area contributed by atoms with Gasteiger partial charge < -0.3 is 14.2 Å². The average molecular weight is 918 g/mol. The minimum Gasteiger partial charge on any atom is -0.462 e. The van der Waals surface area contributed by atoms with Gasteiger partial charge in [0.2, 0.25) is 0 Å². The average Bonchev–Trinajstić information content (AvgIpc) is 3.30. The third-order valence-electron chi connectivity index (χ3n) is 13.3. The third-order valence-corrected chi connectivity index (χ3v) is 13.3. The molecule has 0 unspecified atom stereocenters. The molecule has 0 spiro atoms. The number of esters is 3. The number of allylic oxidation sites excluding steroid dienone is 2. The zero-order chi connectivity index (χ0) is 47.2. The first-order valence-electron chi connectivity index (χ1n) is 29.2. The van der Waals surface area contributed by atoms with E-state index in [0.29, 0.717) is 19.3 Å². The molecule has 0 saturated heterocycles. The van der Waals surface area contributed by atoms with Crippen LogP contribution in [0.2, 0.25) is 0 Å². The number of carbonyl (C=O) groups is 3. The van der Waals surface area contributed by atoms with Gasteiger partial charge >= 0.3 is 17.9 Å². The summed E-state index contributed by atoms with van der Waals surface area (Å²) in [6.45, 7) is 6.69. The van der Waals surface area contributed by atoms with Gasteiger partial charge in [-0.3, -0.25) is 14.4 Å². The predicted molar refractivity (Wildman–Crippen MR) is 280 cm³/mol. The van der Waals surface area contributed by atoms with Crippen LogP contribution in [-0.4, -0.2) is 37.2 Å². The Morgan fingerprint density at radius 3 is 0.769 bits per heavy atom. The maximum atomic E-state index is 12.8. The molecule has 0 fully saturated rings. The van der Waals surface area contributed by atoms with E-state index in [0.717, 1.165) is 57.8 Å². The van der Waals surface area contributed by atoms with E-state index in [1.54, 1.807) is 0 Å². The second-order valence-electron chi connectivity index (χ2n) is 19.9. The summed E-state index contributed by atoms with van der Waals surface area (Å²) in [6.07, 6.45) is 62.0. The van der Waals surface area contributed by atoms with Crippen molar-refractivity contribution in [2.24, 2.45) is 0 Å². The van der Waals surface area contributed by atoms with E-state index < -0.39 is 6.10 Å². The van der Waals surface area contributed by atoms with Crippen molar-refractivity contribution in [3.05, 3.63) is 12.2 Å². The molecule has 0 bridgehead atoms. The Hall–Kier alpha value is -1.85. The summed E-state index contributed by atoms with van der Waals surface area (Å²) in [5, 5.41) is 0. The van der Waals surface area contributed by atoms with Gasteiger partial charge in [0.05, 0.1) is 0 Å². The molecule has 0 aliphatic rings. The second-order valence-corrected chi connectivity index (χ2v) is 19.9. The Labute approximate surface area is 405 Å². The zero-order valence-electron chi connectivity index (χ0n) is 44.0. The smallest absolute Gasteiger partial charge is 0.306 e. The molecule has 65 heavy (non-hydrogen) atoms. The summed E-state index contributed by atoms with van der Waals surface area (Å²) < 4.78 is 16.9. The fraction of sp³-hybridized carbons (Fsp3) is 0.915. The molecule has 0 amide bonds. The lowest BCUT2D eigenvalue weighted by atomic mass is 10.0. The van der Waals surface area contributed by atoms with E-state index in [1.165, 1.54) is 231 Å². The molecule has 0 radical (unpaired) electrons. The van der Waals surface area contributed by atoms with E-state index in [-0.39, 0.29) is 31.1 Å². The number of hydrogen-bond donors (Lipinski definition) is 0. The van der Waals surface area contributed by atoms with Gasteiger partial charge in [0.1, 0.15) is 13.2 Å². The number of ether oxygens (including phenoxy) is 3. The first-order valence-corrected chi connectivity index (χ1v) is 29.2. The van der Waals surface area contributed by atoms with Gasteiger partial charge in [-0.15, -0.1) is 0 Å². The van der Waals surface area contributed by atoms with Crippen LogP contribution in [0.15, 0.2) is 12.2 Å². The summed E-state index contributed by atoms with van der Waals surface area (Å²) in [5.74, 6) is -0.845. The molecule has 0 aliphatic heterocycles. The van der Waals surface area contributed by atoms with Crippen LogP contribution in [0.4, 0.5) is 0 Å². The number of hydrogen-bond acceptors (Lipinski definition) is 6. The summed E-state index contributed by atoms with van der Waals surface area (Å²) in [4.78, 5) is 38.1. The molecule has 0 aromatic heterocycles. The molecule has 0 rings (SSSR count). The van der Waals surface area contributed by atoms with Crippen molar-refractivity contribution in [2.75, 3.05) is 13.2 Å². The summed E-state index contributed by atoms with van der Waals surface area (Å²) in [5.41, 5.74) is 0. The fourth-order valence-electron chi connectivity index (χ4n) is 8.85. The van der Waals surface area contributed by atoms with Crippen LogP contribution >= 0.6 is 0 Å². The lowest BCUT2D eigenvalue weighted by Crippen LogP contribution is -2.30.